The average molecular weight is 301 g/mol. The topological polar surface area (TPSA) is 43.1 Å². The summed E-state index contributed by atoms with van der Waals surface area (Å²) < 4.78 is 0. The Kier molecular flexibility index (Phi) is 3.81. The molecule has 0 unspecified atom stereocenters. The van der Waals surface area contributed by atoms with Gasteiger partial charge in [-0.15, -0.1) is 0 Å². The van der Waals surface area contributed by atoms with Crippen LogP contribution in [0.4, 0.5) is 5.69 Å². The van der Waals surface area contributed by atoms with Crippen LogP contribution in [0.25, 0.3) is 0 Å². The van der Waals surface area contributed by atoms with Crippen molar-refractivity contribution in [1.82, 2.24) is 0 Å². The van der Waals surface area contributed by atoms with Gasteiger partial charge < -0.3 is 5.73 Å². The number of carbonyl (C=O) groups is 1. The van der Waals surface area contributed by atoms with E-state index in [1.54, 1.807) is 24.3 Å². The van der Waals surface area contributed by atoms with Crippen LogP contribution in [0.3, 0.4) is 0 Å². The molecule has 0 bridgehead atoms. The van der Waals surface area contributed by atoms with Gasteiger partial charge in [-0.2, -0.15) is 0 Å². The number of ketones is 1. The summed E-state index contributed by atoms with van der Waals surface area (Å²) in [7, 11) is 0. The first-order valence-electron chi connectivity index (χ1n) is 5.04. The summed E-state index contributed by atoms with van der Waals surface area (Å²) in [5, 5.41) is 1.06. The third-order valence-corrected chi connectivity index (χ3v) is 3.29. The lowest BCUT2D eigenvalue weighted by Crippen LogP contribution is -2.03. The molecule has 2 aromatic carbocycles. The molecule has 0 aliphatic heterocycles. The molecule has 18 heavy (non-hydrogen) atoms. The molecular formula is C13H8Cl3NO. The van der Waals surface area contributed by atoms with Crippen molar-refractivity contribution < 1.29 is 4.79 Å². The normalized spacial score (nSPS) is 10.4. The van der Waals surface area contributed by atoms with Gasteiger partial charge in [-0.05, 0) is 36.4 Å². The Hall–Kier alpha value is -1.22. The van der Waals surface area contributed by atoms with Gasteiger partial charge in [0.15, 0.2) is 5.78 Å². The summed E-state index contributed by atoms with van der Waals surface area (Å²) in [5.41, 5.74) is 6.73. The minimum atomic E-state index is -0.285. The van der Waals surface area contributed by atoms with E-state index < -0.39 is 0 Å². The highest BCUT2D eigenvalue weighted by molar-refractivity contribution is 6.39. The van der Waals surface area contributed by atoms with Gasteiger partial charge in [-0.3, -0.25) is 4.79 Å². The van der Waals surface area contributed by atoms with Gasteiger partial charge >= 0.3 is 0 Å². The molecule has 2 N–H and O–H groups in total. The molecule has 2 rings (SSSR count). The number of benzene rings is 2. The van der Waals surface area contributed by atoms with E-state index in [2.05, 4.69) is 0 Å². The van der Waals surface area contributed by atoms with E-state index in [-0.39, 0.29) is 10.8 Å². The van der Waals surface area contributed by atoms with Crippen LogP contribution >= 0.6 is 34.8 Å². The van der Waals surface area contributed by atoms with Crippen LogP contribution in [0, 0.1) is 0 Å². The van der Waals surface area contributed by atoms with Crippen LogP contribution in [0.2, 0.25) is 15.1 Å². The van der Waals surface area contributed by atoms with E-state index in [0.717, 1.165) is 0 Å². The van der Waals surface area contributed by atoms with Gasteiger partial charge in [0.2, 0.25) is 0 Å². The molecule has 0 saturated carbocycles. The minimum Gasteiger partial charge on any atom is -0.399 e. The Morgan fingerprint density at radius 1 is 0.889 bits per heavy atom. The Morgan fingerprint density at radius 2 is 1.61 bits per heavy atom. The quantitative estimate of drug-likeness (QED) is 0.657. The second kappa shape index (κ2) is 5.19. The van der Waals surface area contributed by atoms with Crippen LogP contribution < -0.4 is 5.73 Å². The summed E-state index contributed by atoms with van der Waals surface area (Å²) in [4.78, 5) is 12.3. The van der Waals surface area contributed by atoms with E-state index in [9.17, 15) is 4.79 Å². The lowest BCUT2D eigenvalue weighted by molar-refractivity contribution is 0.103. The fourth-order valence-corrected chi connectivity index (χ4v) is 2.18. The number of anilines is 1. The minimum absolute atomic E-state index is 0.285. The zero-order valence-corrected chi connectivity index (χ0v) is 11.4. The van der Waals surface area contributed by atoms with E-state index in [1.165, 1.54) is 12.1 Å². The van der Waals surface area contributed by atoms with Gasteiger partial charge in [-0.25, -0.2) is 0 Å². The maximum atomic E-state index is 12.3. The Balaban J connectivity index is 2.51. The van der Waals surface area contributed by atoms with E-state index in [0.29, 0.717) is 26.9 Å². The lowest BCUT2D eigenvalue weighted by Gasteiger charge is -2.06. The molecule has 2 nitrogen and oxygen atoms in total. The molecule has 0 heterocycles. The van der Waals surface area contributed by atoms with E-state index in [1.807, 2.05) is 0 Å². The van der Waals surface area contributed by atoms with Crippen molar-refractivity contribution >= 4 is 46.3 Å². The lowest BCUT2D eigenvalue weighted by atomic mass is 10.0. The third kappa shape index (κ3) is 2.61. The van der Waals surface area contributed by atoms with Gasteiger partial charge in [0.25, 0.3) is 0 Å². The van der Waals surface area contributed by atoms with Crippen LogP contribution in [0.15, 0.2) is 36.4 Å². The fourth-order valence-electron chi connectivity index (χ4n) is 1.53. The summed E-state index contributed by atoms with van der Waals surface area (Å²) in [6.45, 7) is 0. The number of carbonyl (C=O) groups excluding carboxylic acids is 1. The molecule has 0 aliphatic rings. The van der Waals surface area contributed by atoms with Crippen LogP contribution in [-0.2, 0) is 0 Å². The van der Waals surface area contributed by atoms with Gasteiger partial charge in [0, 0.05) is 21.8 Å². The largest absolute Gasteiger partial charge is 0.399 e. The second-order valence-corrected chi connectivity index (χ2v) is 4.94. The SMILES string of the molecule is Nc1ccc(C(=O)c2cc(Cl)ccc2Cl)c(Cl)c1. The molecule has 5 heteroatoms. The average Bonchev–Trinajstić information content (AvgIpc) is 2.31. The van der Waals surface area contributed by atoms with Crippen molar-refractivity contribution in [3.05, 3.63) is 62.6 Å². The zero-order chi connectivity index (χ0) is 13.3. The van der Waals surface area contributed by atoms with Crippen LogP contribution in [0.1, 0.15) is 15.9 Å². The monoisotopic (exact) mass is 299 g/mol. The van der Waals surface area contributed by atoms with Crippen molar-refractivity contribution in [2.24, 2.45) is 0 Å². The Labute approximate surface area is 119 Å². The highest BCUT2D eigenvalue weighted by atomic mass is 35.5. The molecule has 0 atom stereocenters. The summed E-state index contributed by atoms with van der Waals surface area (Å²) >= 11 is 17.8. The first-order chi connectivity index (χ1) is 8.49. The molecule has 0 aromatic heterocycles. The zero-order valence-electron chi connectivity index (χ0n) is 9.08. The molecule has 0 aliphatic carbocycles. The summed E-state index contributed by atoms with van der Waals surface area (Å²) in [6, 6.07) is 9.40. The first-order valence-corrected chi connectivity index (χ1v) is 6.17. The van der Waals surface area contributed by atoms with Crippen molar-refractivity contribution in [3.8, 4) is 0 Å². The van der Waals surface area contributed by atoms with E-state index >= 15 is 0 Å². The maximum absolute atomic E-state index is 12.3. The molecule has 0 saturated heterocycles. The van der Waals surface area contributed by atoms with Gasteiger partial charge in [-0.1, -0.05) is 34.8 Å². The fraction of sp³-hybridized carbons (Fsp3) is 0. The number of hydrogen-bond acceptors (Lipinski definition) is 2. The van der Waals surface area contributed by atoms with Gasteiger partial charge in [0.05, 0.1) is 10.0 Å². The molecule has 2 aromatic rings. The maximum Gasteiger partial charge on any atom is 0.196 e. The predicted octanol–water partition coefficient (Wildman–Crippen LogP) is 4.46. The second-order valence-electron chi connectivity index (χ2n) is 3.69. The summed E-state index contributed by atoms with van der Waals surface area (Å²) in [5.74, 6) is -0.285. The summed E-state index contributed by atoms with van der Waals surface area (Å²) in [6.07, 6.45) is 0. The highest BCUT2D eigenvalue weighted by Crippen LogP contribution is 2.27. The number of hydrogen-bond donors (Lipinski definition) is 1. The van der Waals surface area contributed by atoms with Crippen molar-refractivity contribution in [2.75, 3.05) is 5.73 Å². The van der Waals surface area contributed by atoms with Gasteiger partial charge in [0.1, 0.15) is 0 Å². The van der Waals surface area contributed by atoms with Crippen molar-refractivity contribution in [2.45, 2.75) is 0 Å². The standard InChI is InChI=1S/C13H8Cl3NO/c14-7-1-4-11(15)10(5-7)13(18)9-3-2-8(17)6-12(9)16/h1-6H,17H2. The first kappa shape index (κ1) is 13.2. The highest BCUT2D eigenvalue weighted by Gasteiger charge is 2.16. The molecule has 0 fully saturated rings. The molecule has 92 valence electrons. The van der Waals surface area contributed by atoms with Crippen LogP contribution in [0.5, 0.6) is 0 Å². The van der Waals surface area contributed by atoms with Crippen LogP contribution in [-0.4, -0.2) is 5.78 Å². The number of nitrogen functional groups attached to an aromatic ring is 1. The van der Waals surface area contributed by atoms with Crippen molar-refractivity contribution in [3.63, 3.8) is 0 Å². The molecule has 0 radical (unpaired) electrons. The predicted molar refractivity (Wildman–Crippen MR) is 75.8 cm³/mol. The molecule has 0 spiro atoms. The Bertz CT molecular complexity index is 626. The number of halogens is 3. The number of rotatable bonds is 2. The van der Waals surface area contributed by atoms with E-state index in [4.69, 9.17) is 40.5 Å². The molecular weight excluding hydrogens is 293 g/mol. The third-order valence-electron chi connectivity index (χ3n) is 2.41. The smallest absolute Gasteiger partial charge is 0.196 e. The number of nitrogens with two attached hydrogens (primary N) is 1. The Morgan fingerprint density at radius 3 is 2.28 bits per heavy atom. The molecule has 0 amide bonds. The van der Waals surface area contributed by atoms with Crippen molar-refractivity contribution in [1.29, 1.82) is 0 Å².